The van der Waals surface area contributed by atoms with E-state index in [1.54, 1.807) is 29.4 Å². The zero-order valence-corrected chi connectivity index (χ0v) is 13.2. The van der Waals surface area contributed by atoms with Gasteiger partial charge in [-0.1, -0.05) is 19.1 Å². The molecule has 1 aliphatic heterocycles. The molecule has 1 fully saturated rings. The van der Waals surface area contributed by atoms with Crippen LogP contribution in [0.15, 0.2) is 23.1 Å². The molecule has 112 valence electrons. The van der Waals surface area contributed by atoms with Gasteiger partial charge in [0.15, 0.2) is 0 Å². The lowest BCUT2D eigenvalue weighted by molar-refractivity contribution is 0.202. The maximum absolute atomic E-state index is 12.9. The first-order valence-electron chi connectivity index (χ1n) is 7.10. The lowest BCUT2D eigenvalue weighted by Gasteiger charge is -2.37. The van der Waals surface area contributed by atoms with E-state index in [9.17, 15) is 13.5 Å². The van der Waals surface area contributed by atoms with Gasteiger partial charge in [-0.2, -0.15) is 4.31 Å². The number of nitrogens with zero attached hydrogens (tertiary/aromatic N) is 1. The SMILES string of the molecule is Cc1ccc(CO)cc1S(=O)(=O)N1CCCC(C)C1C. The molecule has 2 atom stereocenters. The van der Waals surface area contributed by atoms with Gasteiger partial charge in [0.05, 0.1) is 11.5 Å². The Balaban J connectivity index is 2.44. The Morgan fingerprint density at radius 1 is 1.35 bits per heavy atom. The molecular weight excluding hydrogens is 274 g/mol. The topological polar surface area (TPSA) is 57.6 Å². The van der Waals surface area contributed by atoms with E-state index in [-0.39, 0.29) is 12.6 Å². The second kappa shape index (κ2) is 5.84. The van der Waals surface area contributed by atoms with Crippen LogP contribution in [-0.4, -0.2) is 30.4 Å². The van der Waals surface area contributed by atoms with Crippen molar-refractivity contribution in [2.45, 2.75) is 51.2 Å². The number of aliphatic hydroxyl groups excluding tert-OH is 1. The summed E-state index contributed by atoms with van der Waals surface area (Å²) >= 11 is 0. The van der Waals surface area contributed by atoms with Gasteiger partial charge in [-0.25, -0.2) is 8.42 Å². The predicted molar refractivity (Wildman–Crippen MR) is 78.9 cm³/mol. The number of rotatable bonds is 3. The molecule has 20 heavy (non-hydrogen) atoms. The van der Waals surface area contributed by atoms with Gasteiger partial charge in [-0.15, -0.1) is 0 Å². The minimum atomic E-state index is -3.49. The van der Waals surface area contributed by atoms with Crippen LogP contribution in [0.2, 0.25) is 0 Å². The Labute approximate surface area is 121 Å². The Hall–Kier alpha value is -0.910. The van der Waals surface area contributed by atoms with Crippen molar-refractivity contribution in [1.82, 2.24) is 4.31 Å². The molecule has 2 rings (SSSR count). The highest BCUT2D eigenvalue weighted by atomic mass is 32.2. The van der Waals surface area contributed by atoms with Crippen molar-refractivity contribution in [2.75, 3.05) is 6.54 Å². The molecule has 1 N–H and O–H groups in total. The first-order valence-corrected chi connectivity index (χ1v) is 8.54. The molecule has 0 amide bonds. The van der Waals surface area contributed by atoms with Crippen LogP contribution < -0.4 is 0 Å². The Morgan fingerprint density at radius 3 is 2.70 bits per heavy atom. The molecule has 1 aliphatic rings. The molecule has 1 saturated heterocycles. The monoisotopic (exact) mass is 297 g/mol. The number of aryl methyl sites for hydroxylation is 1. The molecule has 4 nitrogen and oxygen atoms in total. The maximum atomic E-state index is 12.9. The number of sulfonamides is 1. The fourth-order valence-corrected chi connectivity index (χ4v) is 4.83. The first kappa shape index (κ1) is 15.5. The quantitative estimate of drug-likeness (QED) is 0.931. The molecule has 0 spiro atoms. The minimum Gasteiger partial charge on any atom is -0.392 e. The summed E-state index contributed by atoms with van der Waals surface area (Å²) in [5.41, 5.74) is 1.36. The fraction of sp³-hybridized carbons (Fsp3) is 0.600. The van der Waals surface area contributed by atoms with Crippen molar-refractivity contribution in [3.05, 3.63) is 29.3 Å². The van der Waals surface area contributed by atoms with Gasteiger partial charge < -0.3 is 5.11 Å². The smallest absolute Gasteiger partial charge is 0.243 e. The molecule has 0 saturated carbocycles. The molecule has 0 radical (unpaired) electrons. The van der Waals surface area contributed by atoms with Crippen LogP contribution in [-0.2, 0) is 16.6 Å². The number of hydrogen-bond donors (Lipinski definition) is 1. The molecule has 2 unspecified atom stereocenters. The number of piperidine rings is 1. The predicted octanol–water partition coefficient (Wildman–Crippen LogP) is 2.30. The minimum absolute atomic E-state index is 0.0194. The molecule has 1 aromatic carbocycles. The average Bonchev–Trinajstić information content (AvgIpc) is 2.42. The van der Waals surface area contributed by atoms with Crippen LogP contribution in [0.3, 0.4) is 0 Å². The first-order chi connectivity index (χ1) is 9.37. The highest BCUT2D eigenvalue weighted by Gasteiger charge is 2.35. The molecule has 0 aromatic heterocycles. The standard InChI is InChI=1S/C15H23NO3S/c1-11-5-4-8-16(13(11)3)20(18,19)15-9-14(10-17)7-6-12(15)2/h6-7,9,11,13,17H,4-5,8,10H2,1-3H3. The summed E-state index contributed by atoms with van der Waals surface area (Å²) in [5, 5.41) is 9.21. The van der Waals surface area contributed by atoms with E-state index in [1.165, 1.54) is 0 Å². The molecule has 0 aliphatic carbocycles. The van der Waals surface area contributed by atoms with Gasteiger partial charge in [0.25, 0.3) is 0 Å². The second-order valence-corrected chi connectivity index (χ2v) is 7.59. The van der Waals surface area contributed by atoms with E-state index in [1.807, 2.05) is 6.92 Å². The Morgan fingerprint density at radius 2 is 2.05 bits per heavy atom. The molecule has 5 heteroatoms. The van der Waals surface area contributed by atoms with E-state index >= 15 is 0 Å². The third kappa shape index (κ3) is 2.75. The van der Waals surface area contributed by atoms with E-state index in [0.29, 0.717) is 22.9 Å². The zero-order valence-electron chi connectivity index (χ0n) is 12.3. The molecule has 0 bridgehead atoms. The highest BCUT2D eigenvalue weighted by molar-refractivity contribution is 7.89. The second-order valence-electron chi connectivity index (χ2n) is 5.73. The summed E-state index contributed by atoms with van der Waals surface area (Å²) in [6.07, 6.45) is 1.98. The average molecular weight is 297 g/mol. The van der Waals surface area contributed by atoms with Gasteiger partial charge in [0.1, 0.15) is 0 Å². The number of hydrogen-bond acceptors (Lipinski definition) is 3. The summed E-state index contributed by atoms with van der Waals surface area (Å²) in [5.74, 6) is 0.375. The third-order valence-electron chi connectivity index (χ3n) is 4.34. The Bertz CT molecular complexity index is 583. The third-order valence-corrected chi connectivity index (χ3v) is 6.47. The lowest BCUT2D eigenvalue weighted by atomic mass is 9.94. The molecule has 1 heterocycles. The van der Waals surface area contributed by atoms with Gasteiger partial charge in [0, 0.05) is 12.6 Å². The fourth-order valence-electron chi connectivity index (χ4n) is 2.78. The van der Waals surface area contributed by atoms with Crippen LogP contribution in [0, 0.1) is 12.8 Å². The van der Waals surface area contributed by atoms with E-state index in [2.05, 4.69) is 6.92 Å². The molecular formula is C15H23NO3S. The number of benzene rings is 1. The summed E-state index contributed by atoms with van der Waals surface area (Å²) in [7, 11) is -3.49. The Kier molecular flexibility index (Phi) is 4.52. The number of aliphatic hydroxyl groups is 1. The molecule has 1 aromatic rings. The van der Waals surface area contributed by atoms with Crippen molar-refractivity contribution < 1.29 is 13.5 Å². The van der Waals surface area contributed by atoms with Crippen LogP contribution in [0.4, 0.5) is 0 Å². The summed E-state index contributed by atoms with van der Waals surface area (Å²) in [4.78, 5) is 0.324. The van der Waals surface area contributed by atoms with Crippen molar-refractivity contribution in [2.24, 2.45) is 5.92 Å². The summed E-state index contributed by atoms with van der Waals surface area (Å²) < 4.78 is 27.4. The normalized spacial score (nSPS) is 24.8. The van der Waals surface area contributed by atoms with Crippen LogP contribution >= 0.6 is 0 Å². The maximum Gasteiger partial charge on any atom is 0.243 e. The zero-order chi connectivity index (χ0) is 14.9. The van der Waals surface area contributed by atoms with Gasteiger partial charge >= 0.3 is 0 Å². The van der Waals surface area contributed by atoms with Gasteiger partial charge in [-0.05, 0) is 49.8 Å². The summed E-state index contributed by atoms with van der Waals surface area (Å²) in [6, 6.07) is 5.13. The lowest BCUT2D eigenvalue weighted by Crippen LogP contribution is -2.46. The van der Waals surface area contributed by atoms with Crippen LogP contribution in [0.25, 0.3) is 0 Å². The van der Waals surface area contributed by atoms with Gasteiger partial charge in [0.2, 0.25) is 10.0 Å². The van der Waals surface area contributed by atoms with E-state index in [4.69, 9.17) is 0 Å². The van der Waals surface area contributed by atoms with Gasteiger partial charge in [-0.3, -0.25) is 0 Å². The largest absolute Gasteiger partial charge is 0.392 e. The van der Waals surface area contributed by atoms with Crippen molar-refractivity contribution in [3.8, 4) is 0 Å². The van der Waals surface area contributed by atoms with Crippen LogP contribution in [0.1, 0.15) is 37.8 Å². The van der Waals surface area contributed by atoms with Crippen LogP contribution in [0.5, 0.6) is 0 Å². The van der Waals surface area contributed by atoms with E-state index in [0.717, 1.165) is 18.4 Å². The van der Waals surface area contributed by atoms with E-state index < -0.39 is 10.0 Å². The van der Waals surface area contributed by atoms with Crippen molar-refractivity contribution in [1.29, 1.82) is 0 Å². The van der Waals surface area contributed by atoms with Crippen molar-refractivity contribution in [3.63, 3.8) is 0 Å². The highest BCUT2D eigenvalue weighted by Crippen LogP contribution is 2.30. The summed E-state index contributed by atoms with van der Waals surface area (Å²) in [6.45, 7) is 6.31. The van der Waals surface area contributed by atoms with Crippen molar-refractivity contribution >= 4 is 10.0 Å².